The van der Waals surface area contributed by atoms with E-state index in [1.54, 1.807) is 30.0 Å². The Hall–Kier alpha value is -2.89. The van der Waals surface area contributed by atoms with E-state index in [9.17, 15) is 14.0 Å². The van der Waals surface area contributed by atoms with Crippen LogP contribution in [0.3, 0.4) is 0 Å². The van der Waals surface area contributed by atoms with Gasteiger partial charge in [-0.1, -0.05) is 42.5 Å². The first kappa shape index (κ1) is 24.4. The number of rotatable bonds is 9. The van der Waals surface area contributed by atoms with E-state index in [1.165, 1.54) is 6.07 Å². The summed E-state index contributed by atoms with van der Waals surface area (Å²) in [5, 5.41) is 0. The molecule has 5 nitrogen and oxygen atoms in total. The van der Waals surface area contributed by atoms with Crippen LogP contribution in [0, 0.1) is 5.82 Å². The van der Waals surface area contributed by atoms with Gasteiger partial charge < -0.3 is 14.4 Å². The minimum absolute atomic E-state index is 0.213. The fraction of sp³-hybridized carbons (Fsp3) is 0.440. The molecular formula is C25H32FNO4. The molecule has 0 atom stereocenters. The van der Waals surface area contributed by atoms with Gasteiger partial charge in [-0.2, -0.15) is 0 Å². The Morgan fingerprint density at radius 1 is 0.968 bits per heavy atom. The minimum Gasteiger partial charge on any atom is -0.466 e. The SMILES string of the molecule is CCOC(=O)Cc1cccc(CCN(CCc2ccccc2F)C(=O)OC(C)(C)C)c1. The number of hydrogen-bond donors (Lipinski definition) is 0. The predicted octanol–water partition coefficient (Wildman–Crippen LogP) is 4.95. The first-order chi connectivity index (χ1) is 14.7. The zero-order valence-corrected chi connectivity index (χ0v) is 18.8. The lowest BCUT2D eigenvalue weighted by Crippen LogP contribution is -2.39. The van der Waals surface area contributed by atoms with E-state index in [1.807, 2.05) is 45.0 Å². The maximum atomic E-state index is 14.0. The number of carbonyl (C=O) groups is 2. The van der Waals surface area contributed by atoms with Crippen LogP contribution >= 0.6 is 0 Å². The van der Waals surface area contributed by atoms with E-state index in [0.717, 1.165) is 11.1 Å². The summed E-state index contributed by atoms with van der Waals surface area (Å²) >= 11 is 0. The predicted molar refractivity (Wildman–Crippen MR) is 118 cm³/mol. The molecule has 0 aromatic heterocycles. The summed E-state index contributed by atoms with van der Waals surface area (Å²) in [5.41, 5.74) is 1.81. The summed E-state index contributed by atoms with van der Waals surface area (Å²) in [5.74, 6) is -0.543. The molecule has 0 radical (unpaired) electrons. The number of carbonyl (C=O) groups excluding carboxylic acids is 2. The quantitative estimate of drug-likeness (QED) is 0.529. The van der Waals surface area contributed by atoms with Crippen molar-refractivity contribution in [2.75, 3.05) is 19.7 Å². The molecule has 0 aliphatic carbocycles. The standard InChI is InChI=1S/C25H32FNO4/c1-5-30-23(28)18-20-10-8-9-19(17-20)13-15-27(24(29)31-25(2,3)4)16-14-21-11-6-7-12-22(21)26/h6-12,17H,5,13-16,18H2,1-4H3. The van der Waals surface area contributed by atoms with Crippen LogP contribution < -0.4 is 0 Å². The summed E-state index contributed by atoms with van der Waals surface area (Å²) in [7, 11) is 0. The van der Waals surface area contributed by atoms with E-state index < -0.39 is 11.7 Å². The fourth-order valence-corrected chi connectivity index (χ4v) is 3.12. The van der Waals surface area contributed by atoms with E-state index in [-0.39, 0.29) is 18.2 Å². The van der Waals surface area contributed by atoms with Crippen molar-refractivity contribution in [1.29, 1.82) is 0 Å². The Morgan fingerprint density at radius 3 is 2.32 bits per heavy atom. The van der Waals surface area contributed by atoms with Crippen molar-refractivity contribution < 1.29 is 23.5 Å². The van der Waals surface area contributed by atoms with Crippen molar-refractivity contribution >= 4 is 12.1 Å². The van der Waals surface area contributed by atoms with E-state index >= 15 is 0 Å². The lowest BCUT2D eigenvalue weighted by molar-refractivity contribution is -0.142. The molecule has 0 aliphatic heterocycles. The second-order valence-corrected chi connectivity index (χ2v) is 8.36. The molecule has 2 aromatic carbocycles. The van der Waals surface area contributed by atoms with Gasteiger partial charge in [-0.3, -0.25) is 4.79 Å². The average Bonchev–Trinajstić information content (AvgIpc) is 2.68. The highest BCUT2D eigenvalue weighted by Crippen LogP contribution is 2.14. The molecule has 2 rings (SSSR count). The van der Waals surface area contributed by atoms with E-state index in [4.69, 9.17) is 9.47 Å². The molecule has 0 N–H and O–H groups in total. The highest BCUT2D eigenvalue weighted by atomic mass is 19.1. The topological polar surface area (TPSA) is 55.8 Å². The van der Waals surface area contributed by atoms with Crippen molar-refractivity contribution in [3.8, 4) is 0 Å². The minimum atomic E-state index is -0.618. The van der Waals surface area contributed by atoms with Crippen LogP contribution in [0.5, 0.6) is 0 Å². The molecule has 0 bridgehead atoms. The second kappa shape index (κ2) is 11.5. The number of ether oxygens (including phenoxy) is 2. The first-order valence-corrected chi connectivity index (χ1v) is 10.6. The first-order valence-electron chi connectivity index (χ1n) is 10.6. The van der Waals surface area contributed by atoms with Gasteiger partial charge in [0.25, 0.3) is 0 Å². The van der Waals surface area contributed by atoms with Crippen LogP contribution in [0.4, 0.5) is 9.18 Å². The van der Waals surface area contributed by atoms with Gasteiger partial charge in [-0.25, -0.2) is 9.18 Å². The summed E-state index contributed by atoms with van der Waals surface area (Å²) in [6, 6.07) is 14.2. The van der Waals surface area contributed by atoms with Crippen LogP contribution in [-0.4, -0.2) is 42.3 Å². The molecule has 6 heteroatoms. The third-order valence-electron chi connectivity index (χ3n) is 4.58. The number of amides is 1. The van der Waals surface area contributed by atoms with Crippen molar-refractivity contribution in [2.45, 2.75) is 52.6 Å². The van der Waals surface area contributed by atoms with Gasteiger partial charge in [-0.05, 0) is 63.3 Å². The molecule has 1 amide bonds. The molecule has 0 fully saturated rings. The third kappa shape index (κ3) is 8.79. The number of nitrogens with zero attached hydrogens (tertiary/aromatic N) is 1. The summed E-state index contributed by atoms with van der Waals surface area (Å²) < 4.78 is 24.5. The molecule has 0 aliphatic rings. The number of esters is 1. The Balaban J connectivity index is 2.05. The van der Waals surface area contributed by atoms with Gasteiger partial charge in [0.05, 0.1) is 13.0 Å². The molecule has 0 heterocycles. The number of halogens is 1. The van der Waals surface area contributed by atoms with Gasteiger partial charge in [0.1, 0.15) is 11.4 Å². The zero-order valence-electron chi connectivity index (χ0n) is 18.8. The maximum absolute atomic E-state index is 14.0. The normalized spacial score (nSPS) is 11.1. The Kier molecular flexibility index (Phi) is 9.03. The van der Waals surface area contributed by atoms with Crippen LogP contribution in [0.2, 0.25) is 0 Å². The van der Waals surface area contributed by atoms with E-state index in [2.05, 4.69) is 0 Å². The summed E-state index contributed by atoms with van der Waals surface area (Å²) in [6.07, 6.45) is 0.777. The molecule has 0 unspecified atom stereocenters. The second-order valence-electron chi connectivity index (χ2n) is 8.36. The maximum Gasteiger partial charge on any atom is 0.410 e. The van der Waals surface area contributed by atoms with Crippen molar-refractivity contribution in [2.24, 2.45) is 0 Å². The third-order valence-corrected chi connectivity index (χ3v) is 4.58. The fourth-order valence-electron chi connectivity index (χ4n) is 3.12. The Labute approximate surface area is 184 Å². The van der Waals surface area contributed by atoms with Gasteiger partial charge in [0.2, 0.25) is 0 Å². The molecule has 0 saturated carbocycles. The molecule has 168 valence electrons. The molecule has 2 aromatic rings. The van der Waals surface area contributed by atoms with Crippen LogP contribution in [0.25, 0.3) is 0 Å². The average molecular weight is 430 g/mol. The van der Waals surface area contributed by atoms with Crippen molar-refractivity contribution in [3.63, 3.8) is 0 Å². The smallest absolute Gasteiger partial charge is 0.410 e. The van der Waals surface area contributed by atoms with Gasteiger partial charge in [0, 0.05) is 13.1 Å². The monoisotopic (exact) mass is 429 g/mol. The summed E-state index contributed by atoms with van der Waals surface area (Å²) in [4.78, 5) is 26.1. The summed E-state index contributed by atoms with van der Waals surface area (Å²) in [6.45, 7) is 8.35. The van der Waals surface area contributed by atoms with Gasteiger partial charge >= 0.3 is 12.1 Å². The van der Waals surface area contributed by atoms with Gasteiger partial charge in [-0.15, -0.1) is 0 Å². The number of benzene rings is 2. The van der Waals surface area contributed by atoms with Crippen LogP contribution in [0.1, 0.15) is 44.4 Å². The molecular weight excluding hydrogens is 397 g/mol. The van der Waals surface area contributed by atoms with Crippen molar-refractivity contribution in [3.05, 3.63) is 71.0 Å². The molecule has 0 spiro atoms. The highest BCUT2D eigenvalue weighted by molar-refractivity contribution is 5.72. The van der Waals surface area contributed by atoms with Crippen LogP contribution in [0.15, 0.2) is 48.5 Å². The lowest BCUT2D eigenvalue weighted by atomic mass is 10.1. The zero-order chi connectivity index (χ0) is 22.9. The lowest BCUT2D eigenvalue weighted by Gasteiger charge is -2.27. The van der Waals surface area contributed by atoms with Gasteiger partial charge in [0.15, 0.2) is 0 Å². The largest absolute Gasteiger partial charge is 0.466 e. The molecule has 31 heavy (non-hydrogen) atoms. The van der Waals surface area contributed by atoms with Crippen molar-refractivity contribution in [1.82, 2.24) is 4.90 Å². The number of hydrogen-bond acceptors (Lipinski definition) is 4. The Morgan fingerprint density at radius 2 is 1.65 bits per heavy atom. The van der Waals surface area contributed by atoms with E-state index in [0.29, 0.717) is 38.1 Å². The van der Waals surface area contributed by atoms with Crippen LogP contribution in [-0.2, 0) is 33.5 Å². The Bertz CT molecular complexity index is 876. The highest BCUT2D eigenvalue weighted by Gasteiger charge is 2.22. The molecule has 0 saturated heterocycles.